The highest BCUT2D eigenvalue weighted by atomic mass is 35.5. The van der Waals surface area contributed by atoms with Crippen molar-refractivity contribution in [2.75, 3.05) is 6.61 Å². The Morgan fingerprint density at radius 1 is 1.73 bits per heavy atom. The number of ether oxygens (including phenoxy) is 1. The zero-order chi connectivity index (χ0) is 9.28. The van der Waals surface area contributed by atoms with E-state index in [-0.39, 0.29) is 0 Å². The van der Waals surface area contributed by atoms with Crippen LogP contribution in [-0.4, -0.2) is 23.1 Å². The van der Waals surface area contributed by atoms with Gasteiger partial charge in [-0.05, 0) is 6.92 Å². The van der Waals surface area contributed by atoms with E-state index in [0.717, 1.165) is 6.08 Å². The molecular weight excluding hydrogens is 172 g/mol. The third kappa shape index (κ3) is 27.6. The Morgan fingerprint density at radius 3 is 2.09 bits per heavy atom. The molecule has 0 saturated carbocycles. The Morgan fingerprint density at radius 2 is 2.09 bits per heavy atom. The largest absolute Gasteiger partial charge is 0.478 e. The van der Waals surface area contributed by atoms with Crippen LogP contribution in [0, 0.1) is 0 Å². The number of carbonyl (C=O) groups is 2. The van der Waals surface area contributed by atoms with Gasteiger partial charge in [0, 0.05) is 17.7 Å². The molecule has 0 rings (SSSR count). The molecule has 0 heterocycles. The van der Waals surface area contributed by atoms with E-state index < -0.39 is 11.4 Å². The number of carboxylic acid groups (broad SMARTS) is 1. The molecule has 0 bridgehead atoms. The highest BCUT2D eigenvalue weighted by Crippen LogP contribution is 1.82. The van der Waals surface area contributed by atoms with Gasteiger partial charge >= 0.3 is 11.4 Å². The summed E-state index contributed by atoms with van der Waals surface area (Å²) >= 11 is 4.72. The third-order valence-electron chi connectivity index (χ3n) is 0.432. The normalized spacial score (nSPS) is 7.09. The van der Waals surface area contributed by atoms with E-state index in [9.17, 15) is 9.59 Å². The molecule has 0 aliphatic heterocycles. The number of carbonyl (C=O) groups excluding carboxylic acids is 1. The lowest BCUT2D eigenvalue weighted by Crippen LogP contribution is -1.89. The van der Waals surface area contributed by atoms with Crippen LogP contribution in [0.4, 0.5) is 4.79 Å². The summed E-state index contributed by atoms with van der Waals surface area (Å²) in [6.07, 6.45) is 0.833. The number of hydrogen-bond donors (Lipinski definition) is 1. The quantitative estimate of drug-likeness (QED) is 0.518. The van der Waals surface area contributed by atoms with Crippen molar-refractivity contribution in [2.24, 2.45) is 0 Å². The van der Waals surface area contributed by atoms with Crippen molar-refractivity contribution in [3.63, 3.8) is 0 Å². The molecule has 11 heavy (non-hydrogen) atoms. The van der Waals surface area contributed by atoms with Gasteiger partial charge in [-0.15, -0.1) is 0 Å². The van der Waals surface area contributed by atoms with Gasteiger partial charge in [0.05, 0.1) is 6.61 Å². The lowest BCUT2D eigenvalue weighted by molar-refractivity contribution is -0.131. The number of hydrogen-bond acceptors (Lipinski definition) is 3. The predicted octanol–water partition coefficient (Wildman–Crippen LogP) is 1.64. The molecule has 0 spiro atoms. The van der Waals surface area contributed by atoms with Gasteiger partial charge in [-0.25, -0.2) is 9.59 Å². The second-order valence-corrected chi connectivity index (χ2v) is 1.52. The lowest BCUT2D eigenvalue weighted by Gasteiger charge is -1.86. The van der Waals surface area contributed by atoms with Crippen LogP contribution in [0.5, 0.6) is 0 Å². The minimum absolute atomic E-state index is 0.350. The van der Waals surface area contributed by atoms with Crippen molar-refractivity contribution in [2.45, 2.75) is 6.92 Å². The minimum atomic E-state index is -0.981. The zero-order valence-corrected chi connectivity index (χ0v) is 6.80. The lowest BCUT2D eigenvalue weighted by atomic mass is 10.7. The van der Waals surface area contributed by atoms with Crippen molar-refractivity contribution >= 4 is 23.0 Å². The fraction of sp³-hybridized carbons (Fsp3) is 0.333. The van der Waals surface area contributed by atoms with Crippen molar-refractivity contribution in [3.8, 4) is 0 Å². The molecule has 4 nitrogen and oxygen atoms in total. The smallest absolute Gasteiger partial charge is 0.403 e. The summed E-state index contributed by atoms with van der Waals surface area (Å²) in [6, 6.07) is 0. The van der Waals surface area contributed by atoms with Crippen LogP contribution in [0.15, 0.2) is 12.7 Å². The molecular formula is C6H9ClO4. The molecule has 0 aliphatic rings. The first-order chi connectivity index (χ1) is 5.04. The van der Waals surface area contributed by atoms with E-state index >= 15 is 0 Å². The maximum atomic E-state index is 9.59. The first kappa shape index (κ1) is 12.6. The summed E-state index contributed by atoms with van der Waals surface area (Å²) in [5.41, 5.74) is -0.738. The van der Waals surface area contributed by atoms with E-state index in [0.29, 0.717) is 6.61 Å². The summed E-state index contributed by atoms with van der Waals surface area (Å²) in [4.78, 5) is 18.8. The monoisotopic (exact) mass is 180 g/mol. The van der Waals surface area contributed by atoms with Crippen molar-refractivity contribution in [1.29, 1.82) is 0 Å². The average molecular weight is 181 g/mol. The zero-order valence-electron chi connectivity index (χ0n) is 6.04. The van der Waals surface area contributed by atoms with Gasteiger partial charge in [-0.1, -0.05) is 6.58 Å². The van der Waals surface area contributed by atoms with Gasteiger partial charge < -0.3 is 9.84 Å². The van der Waals surface area contributed by atoms with Gasteiger partial charge in [0.25, 0.3) is 0 Å². The Balaban J connectivity index is 0. The Bertz CT molecular complexity index is 144. The molecule has 0 aromatic rings. The van der Waals surface area contributed by atoms with E-state index in [1.165, 1.54) is 0 Å². The minimum Gasteiger partial charge on any atom is -0.478 e. The second-order valence-electron chi connectivity index (χ2n) is 1.21. The SMILES string of the molecule is C=CC(=O)O.CCOC(=O)Cl. The Hall–Kier alpha value is -1.03. The van der Waals surface area contributed by atoms with Crippen LogP contribution in [0.2, 0.25) is 0 Å². The highest BCUT2D eigenvalue weighted by molar-refractivity contribution is 6.61. The van der Waals surface area contributed by atoms with Crippen molar-refractivity contribution < 1.29 is 19.4 Å². The van der Waals surface area contributed by atoms with Gasteiger partial charge in [0.2, 0.25) is 0 Å². The molecule has 0 saturated heterocycles. The molecule has 5 heteroatoms. The molecule has 0 unspecified atom stereocenters. The summed E-state index contributed by atoms with van der Waals surface area (Å²) in [7, 11) is 0. The summed E-state index contributed by atoms with van der Waals surface area (Å²) in [5, 5.41) is 7.60. The molecule has 0 radical (unpaired) electrons. The van der Waals surface area contributed by atoms with Crippen molar-refractivity contribution in [3.05, 3.63) is 12.7 Å². The van der Waals surface area contributed by atoms with E-state index in [2.05, 4.69) is 11.3 Å². The number of carboxylic acids is 1. The number of aliphatic carboxylic acids is 1. The maximum absolute atomic E-state index is 9.59. The van der Waals surface area contributed by atoms with Crippen LogP contribution in [-0.2, 0) is 9.53 Å². The second kappa shape index (κ2) is 8.97. The Kier molecular flexibility index (Phi) is 10.3. The molecule has 64 valence electrons. The fourth-order valence-electron chi connectivity index (χ4n) is 0.113. The van der Waals surface area contributed by atoms with Crippen molar-refractivity contribution in [1.82, 2.24) is 0 Å². The van der Waals surface area contributed by atoms with Gasteiger partial charge in [-0.2, -0.15) is 0 Å². The number of halogens is 1. The highest BCUT2D eigenvalue weighted by Gasteiger charge is 1.86. The van der Waals surface area contributed by atoms with Crippen LogP contribution < -0.4 is 0 Å². The van der Waals surface area contributed by atoms with Gasteiger partial charge in [0.1, 0.15) is 0 Å². The summed E-state index contributed by atoms with van der Waals surface area (Å²) in [5.74, 6) is -0.981. The van der Waals surface area contributed by atoms with E-state index in [1.807, 2.05) is 0 Å². The first-order valence-electron chi connectivity index (χ1n) is 2.72. The van der Waals surface area contributed by atoms with E-state index in [4.69, 9.17) is 16.7 Å². The first-order valence-corrected chi connectivity index (χ1v) is 3.10. The molecule has 0 atom stereocenters. The molecule has 0 aromatic heterocycles. The fourth-order valence-corrected chi connectivity index (χ4v) is 0.223. The molecule has 1 N–H and O–H groups in total. The van der Waals surface area contributed by atoms with Gasteiger partial charge in [0.15, 0.2) is 0 Å². The van der Waals surface area contributed by atoms with Crippen LogP contribution >= 0.6 is 11.6 Å². The van der Waals surface area contributed by atoms with Gasteiger partial charge in [-0.3, -0.25) is 0 Å². The number of rotatable bonds is 2. The Labute approximate surface area is 69.4 Å². The molecule has 0 amide bonds. The van der Waals surface area contributed by atoms with Crippen LogP contribution in [0.25, 0.3) is 0 Å². The van der Waals surface area contributed by atoms with Crippen LogP contribution in [0.3, 0.4) is 0 Å². The average Bonchev–Trinajstić information content (AvgIpc) is 1.89. The molecule has 0 aliphatic carbocycles. The maximum Gasteiger partial charge on any atom is 0.403 e. The summed E-state index contributed by atoms with van der Waals surface area (Å²) in [6.45, 7) is 5.00. The molecule has 0 aromatic carbocycles. The molecule has 0 fully saturated rings. The standard InChI is InChI=1S/C3H5ClO2.C3H4O2/c1-2-6-3(4)5;1-2-3(4)5/h2H2,1H3;2H,1H2,(H,4,5). The topological polar surface area (TPSA) is 63.6 Å². The summed E-state index contributed by atoms with van der Waals surface area (Å²) < 4.78 is 4.17. The predicted molar refractivity (Wildman–Crippen MR) is 40.7 cm³/mol. The van der Waals surface area contributed by atoms with Crippen LogP contribution in [0.1, 0.15) is 6.92 Å². The van der Waals surface area contributed by atoms with E-state index in [1.54, 1.807) is 6.92 Å². The third-order valence-corrected chi connectivity index (χ3v) is 0.542.